The maximum absolute atomic E-state index is 12.4. The second-order valence-electron chi connectivity index (χ2n) is 5.55. The number of aliphatic imine (C=N–C) groups is 1. The summed E-state index contributed by atoms with van der Waals surface area (Å²) in [6.07, 6.45) is 0.346. The van der Waals surface area contributed by atoms with Crippen LogP contribution in [0.2, 0.25) is 0 Å². The van der Waals surface area contributed by atoms with Gasteiger partial charge in [-0.3, -0.25) is 0 Å². The average Bonchev–Trinajstić information content (AvgIpc) is 3.00. The molecule has 1 aliphatic carbocycles. The normalized spacial score (nSPS) is 14.5. The van der Waals surface area contributed by atoms with Crippen LogP contribution in [0.3, 0.4) is 0 Å². The molecule has 1 aromatic heterocycles. The van der Waals surface area contributed by atoms with Gasteiger partial charge in [0.2, 0.25) is 0 Å². The van der Waals surface area contributed by atoms with Gasteiger partial charge in [-0.15, -0.1) is 0 Å². The third kappa shape index (κ3) is 3.81. The van der Waals surface area contributed by atoms with Gasteiger partial charge in [0.05, 0.1) is 5.56 Å². The van der Waals surface area contributed by atoms with Crippen molar-refractivity contribution in [1.82, 2.24) is 9.97 Å². The van der Waals surface area contributed by atoms with Crippen molar-refractivity contribution in [2.75, 3.05) is 5.32 Å². The van der Waals surface area contributed by atoms with E-state index >= 15 is 0 Å². The lowest BCUT2D eigenvalue weighted by Gasteiger charge is -2.08. The topological polar surface area (TPSA) is 76.2 Å². The number of aromatic nitrogens is 2. The Bertz CT molecular complexity index is 753. The molecule has 3 rings (SSSR count). The summed E-state index contributed by atoms with van der Waals surface area (Å²) in [4.78, 5) is 11.4. The molecule has 0 atom stereocenters. The van der Waals surface area contributed by atoms with Crippen LogP contribution in [0.25, 0.3) is 0 Å². The molecular formula is C16H16F3N5. The van der Waals surface area contributed by atoms with E-state index in [4.69, 9.17) is 5.73 Å². The van der Waals surface area contributed by atoms with E-state index in [2.05, 4.69) is 26.3 Å². The van der Waals surface area contributed by atoms with Gasteiger partial charge in [0.1, 0.15) is 12.4 Å². The van der Waals surface area contributed by atoms with Gasteiger partial charge in [-0.25, -0.2) is 15.0 Å². The average molecular weight is 335 g/mol. The summed E-state index contributed by atoms with van der Waals surface area (Å²) in [6, 6.07) is 6.04. The van der Waals surface area contributed by atoms with Gasteiger partial charge in [0.25, 0.3) is 0 Å². The molecule has 0 spiro atoms. The molecule has 1 aliphatic rings. The maximum Gasteiger partial charge on any atom is 0.419 e. The molecular weight excluding hydrogens is 319 g/mol. The monoisotopic (exact) mass is 335 g/mol. The molecule has 0 amide bonds. The van der Waals surface area contributed by atoms with E-state index in [9.17, 15) is 13.2 Å². The Kier molecular flexibility index (Phi) is 4.37. The fourth-order valence-electron chi connectivity index (χ4n) is 2.58. The van der Waals surface area contributed by atoms with Crippen molar-refractivity contribution in [1.29, 1.82) is 0 Å². The molecule has 1 aromatic carbocycles. The summed E-state index contributed by atoms with van der Waals surface area (Å²) in [7, 11) is 0. The minimum Gasteiger partial charge on any atom is -0.370 e. The summed E-state index contributed by atoms with van der Waals surface area (Å²) in [5, 5.41) is 2.97. The summed E-state index contributed by atoms with van der Waals surface area (Å²) in [5.74, 6) is 0.332. The summed E-state index contributed by atoms with van der Waals surface area (Å²) >= 11 is 0. The molecule has 0 radical (unpaired) electrons. The van der Waals surface area contributed by atoms with Gasteiger partial charge in [-0.1, -0.05) is 6.07 Å². The molecule has 2 aromatic rings. The Morgan fingerprint density at radius 1 is 1.17 bits per heavy atom. The number of nitrogens with two attached hydrogens (primary N) is 1. The van der Waals surface area contributed by atoms with E-state index in [0.717, 1.165) is 37.3 Å². The van der Waals surface area contributed by atoms with Crippen molar-refractivity contribution in [3.63, 3.8) is 0 Å². The van der Waals surface area contributed by atoms with Gasteiger partial charge < -0.3 is 11.1 Å². The van der Waals surface area contributed by atoms with E-state index in [1.807, 2.05) is 12.1 Å². The highest BCUT2D eigenvalue weighted by molar-refractivity contribution is 5.92. The lowest BCUT2D eigenvalue weighted by Crippen LogP contribution is -2.22. The highest BCUT2D eigenvalue weighted by Crippen LogP contribution is 2.27. The fraction of sp³-hybridized carbons (Fsp3) is 0.312. The van der Waals surface area contributed by atoms with E-state index in [1.165, 1.54) is 11.1 Å². The van der Waals surface area contributed by atoms with Crippen LogP contribution in [0, 0.1) is 0 Å². The van der Waals surface area contributed by atoms with E-state index in [-0.39, 0.29) is 18.3 Å². The van der Waals surface area contributed by atoms with Gasteiger partial charge in [-0.05, 0) is 42.5 Å². The Morgan fingerprint density at radius 2 is 1.88 bits per heavy atom. The number of hydrogen-bond donors (Lipinski definition) is 2. The van der Waals surface area contributed by atoms with Crippen LogP contribution in [-0.4, -0.2) is 15.9 Å². The Morgan fingerprint density at radius 3 is 2.58 bits per heavy atom. The third-order valence-electron chi connectivity index (χ3n) is 3.79. The lowest BCUT2D eigenvalue weighted by atomic mass is 10.1. The van der Waals surface area contributed by atoms with Crippen molar-refractivity contribution >= 4 is 11.6 Å². The number of nitrogens with zero attached hydrogens (tertiary/aromatic N) is 3. The van der Waals surface area contributed by atoms with Crippen molar-refractivity contribution in [2.45, 2.75) is 32.0 Å². The largest absolute Gasteiger partial charge is 0.419 e. The van der Waals surface area contributed by atoms with Crippen LogP contribution < -0.4 is 11.1 Å². The number of halogens is 3. The predicted molar refractivity (Wildman–Crippen MR) is 84.5 cm³/mol. The molecule has 8 heteroatoms. The minimum atomic E-state index is -4.45. The number of hydrogen-bond acceptors (Lipinski definition) is 3. The number of rotatable bonds is 3. The predicted octanol–water partition coefficient (Wildman–Crippen LogP) is 2.91. The van der Waals surface area contributed by atoms with Gasteiger partial charge in [0.15, 0.2) is 5.96 Å². The molecule has 0 bridgehead atoms. The standard InChI is InChI=1S/C16H16F3N5/c17-16(18,19)12-7-21-14(22-8-12)9-23-15(20)24-13-5-4-10-2-1-3-11(10)6-13/h4-8H,1-3,9H2,(H3,20,23,24). The van der Waals surface area contributed by atoms with Crippen LogP contribution in [0.1, 0.15) is 28.9 Å². The smallest absolute Gasteiger partial charge is 0.370 e. The van der Waals surface area contributed by atoms with Gasteiger partial charge in [-0.2, -0.15) is 13.2 Å². The quantitative estimate of drug-likeness (QED) is 0.668. The summed E-state index contributed by atoms with van der Waals surface area (Å²) < 4.78 is 37.3. The second kappa shape index (κ2) is 6.46. The molecule has 0 unspecified atom stereocenters. The first-order valence-electron chi connectivity index (χ1n) is 7.49. The number of aryl methyl sites for hydroxylation is 2. The molecule has 126 valence electrons. The number of anilines is 1. The highest BCUT2D eigenvalue weighted by Gasteiger charge is 2.31. The summed E-state index contributed by atoms with van der Waals surface area (Å²) in [5.41, 5.74) is 8.41. The SMILES string of the molecule is NC(=NCc1ncc(C(F)(F)F)cn1)Nc1ccc2c(c1)CCC2. The first-order chi connectivity index (χ1) is 11.4. The number of nitrogens with one attached hydrogen (secondary N) is 1. The Balaban J connectivity index is 1.62. The number of benzene rings is 1. The minimum absolute atomic E-state index is 0.00190. The zero-order valence-corrected chi connectivity index (χ0v) is 12.8. The number of fused-ring (bicyclic) bond motifs is 1. The Labute approximate surface area is 136 Å². The first kappa shape index (κ1) is 16.2. The van der Waals surface area contributed by atoms with E-state index in [1.54, 1.807) is 0 Å². The molecule has 0 fully saturated rings. The molecule has 0 saturated carbocycles. The van der Waals surface area contributed by atoms with Crippen LogP contribution in [0.4, 0.5) is 18.9 Å². The number of guanidine groups is 1. The number of alkyl halides is 3. The molecule has 3 N–H and O–H groups in total. The highest BCUT2D eigenvalue weighted by atomic mass is 19.4. The first-order valence-corrected chi connectivity index (χ1v) is 7.49. The van der Waals surface area contributed by atoms with Crippen LogP contribution in [0.5, 0.6) is 0 Å². The third-order valence-corrected chi connectivity index (χ3v) is 3.79. The van der Waals surface area contributed by atoms with Crippen LogP contribution >= 0.6 is 0 Å². The van der Waals surface area contributed by atoms with Crippen LogP contribution in [-0.2, 0) is 25.6 Å². The molecule has 0 aliphatic heterocycles. The second-order valence-corrected chi connectivity index (χ2v) is 5.55. The van der Waals surface area contributed by atoms with Gasteiger partial charge >= 0.3 is 6.18 Å². The van der Waals surface area contributed by atoms with Crippen molar-refractivity contribution in [2.24, 2.45) is 10.7 Å². The lowest BCUT2D eigenvalue weighted by molar-refractivity contribution is -0.138. The van der Waals surface area contributed by atoms with Crippen molar-refractivity contribution < 1.29 is 13.2 Å². The fourth-order valence-corrected chi connectivity index (χ4v) is 2.58. The van der Waals surface area contributed by atoms with Crippen molar-refractivity contribution in [3.8, 4) is 0 Å². The van der Waals surface area contributed by atoms with Gasteiger partial charge in [0, 0.05) is 18.1 Å². The van der Waals surface area contributed by atoms with Crippen molar-refractivity contribution in [3.05, 3.63) is 53.1 Å². The molecule has 24 heavy (non-hydrogen) atoms. The maximum atomic E-state index is 12.4. The summed E-state index contributed by atoms with van der Waals surface area (Å²) in [6.45, 7) is 0.00190. The zero-order valence-electron chi connectivity index (χ0n) is 12.8. The van der Waals surface area contributed by atoms with E-state index in [0.29, 0.717) is 0 Å². The molecule has 0 saturated heterocycles. The molecule has 1 heterocycles. The van der Waals surface area contributed by atoms with Crippen LogP contribution in [0.15, 0.2) is 35.6 Å². The Hall–Kier alpha value is -2.64. The zero-order chi connectivity index (χ0) is 17.2. The molecule has 5 nitrogen and oxygen atoms in total. The van der Waals surface area contributed by atoms with E-state index < -0.39 is 11.7 Å².